The Morgan fingerprint density at radius 1 is 1.27 bits per heavy atom. The van der Waals surface area contributed by atoms with Crippen molar-refractivity contribution in [2.45, 2.75) is 39.3 Å². The van der Waals surface area contributed by atoms with E-state index >= 15 is 0 Å². The summed E-state index contributed by atoms with van der Waals surface area (Å²) in [5, 5.41) is 6.17. The summed E-state index contributed by atoms with van der Waals surface area (Å²) in [5.41, 5.74) is 1.96. The van der Waals surface area contributed by atoms with Gasteiger partial charge in [-0.15, -0.1) is 0 Å². The number of furan rings is 1. The van der Waals surface area contributed by atoms with Crippen LogP contribution in [0, 0.1) is 5.92 Å². The Bertz CT molecular complexity index is 663. The highest BCUT2D eigenvalue weighted by atomic mass is 16.3. The van der Waals surface area contributed by atoms with Crippen molar-refractivity contribution in [3.05, 3.63) is 53.5 Å². The fourth-order valence-electron chi connectivity index (χ4n) is 2.70. The molecule has 1 amide bonds. The summed E-state index contributed by atoms with van der Waals surface area (Å²) in [6, 6.07) is 12.0. The van der Waals surface area contributed by atoms with E-state index < -0.39 is 0 Å². The highest BCUT2D eigenvalue weighted by Gasteiger charge is 2.36. The molecule has 0 aliphatic heterocycles. The molecular formula is C18H22N2O2. The number of hydrogen-bond acceptors (Lipinski definition) is 3. The second-order valence-electron chi connectivity index (χ2n) is 6.11. The predicted molar refractivity (Wildman–Crippen MR) is 86.5 cm³/mol. The molecule has 4 nitrogen and oxygen atoms in total. The van der Waals surface area contributed by atoms with E-state index in [4.69, 9.17) is 4.42 Å². The van der Waals surface area contributed by atoms with Crippen LogP contribution in [0.5, 0.6) is 0 Å². The van der Waals surface area contributed by atoms with E-state index in [0.717, 1.165) is 35.2 Å². The lowest BCUT2D eigenvalue weighted by molar-refractivity contribution is -0.114. The molecule has 1 saturated carbocycles. The lowest BCUT2D eigenvalue weighted by Gasteiger charge is -2.06. The van der Waals surface area contributed by atoms with Crippen LogP contribution in [0.3, 0.4) is 0 Å². The molecule has 1 heterocycles. The van der Waals surface area contributed by atoms with Gasteiger partial charge >= 0.3 is 0 Å². The molecule has 0 bridgehead atoms. The van der Waals surface area contributed by atoms with E-state index in [1.807, 2.05) is 24.3 Å². The first-order chi connectivity index (χ1) is 10.6. The van der Waals surface area contributed by atoms with Gasteiger partial charge in [-0.3, -0.25) is 4.79 Å². The number of nitrogens with one attached hydrogen (secondary N) is 2. The molecule has 2 aromatic rings. The van der Waals surface area contributed by atoms with Crippen LogP contribution < -0.4 is 10.6 Å². The first-order valence-electron chi connectivity index (χ1n) is 7.77. The fourth-order valence-corrected chi connectivity index (χ4v) is 2.70. The van der Waals surface area contributed by atoms with Crippen molar-refractivity contribution in [2.75, 3.05) is 5.32 Å². The first-order valence-corrected chi connectivity index (χ1v) is 7.77. The van der Waals surface area contributed by atoms with Gasteiger partial charge in [0.05, 0.1) is 6.54 Å². The second kappa shape index (κ2) is 6.36. The quantitative estimate of drug-likeness (QED) is 0.856. The van der Waals surface area contributed by atoms with Crippen molar-refractivity contribution in [1.29, 1.82) is 0 Å². The van der Waals surface area contributed by atoms with E-state index in [1.165, 1.54) is 13.3 Å². The molecule has 0 saturated heterocycles. The van der Waals surface area contributed by atoms with Gasteiger partial charge < -0.3 is 15.1 Å². The van der Waals surface area contributed by atoms with Crippen LogP contribution in [0.2, 0.25) is 0 Å². The molecule has 1 aliphatic carbocycles. The molecule has 1 aromatic heterocycles. The van der Waals surface area contributed by atoms with Crippen LogP contribution in [0.4, 0.5) is 5.69 Å². The molecule has 0 spiro atoms. The summed E-state index contributed by atoms with van der Waals surface area (Å²) in [6.07, 6.45) is 1.25. The van der Waals surface area contributed by atoms with Crippen LogP contribution in [0.25, 0.3) is 0 Å². The van der Waals surface area contributed by atoms with Crippen molar-refractivity contribution < 1.29 is 9.21 Å². The standard InChI is InChI=1S/C18H22N2O2/c1-12-8-17(12)18-7-6-16(22-18)11-19-10-14-4-3-5-15(9-14)20-13(2)21/h3-7,9,12,17,19H,8,10-11H2,1-2H3,(H,20,21). The van der Waals surface area contributed by atoms with Crippen molar-refractivity contribution >= 4 is 11.6 Å². The number of anilines is 1. The smallest absolute Gasteiger partial charge is 0.221 e. The average molecular weight is 298 g/mol. The third-order valence-electron chi connectivity index (χ3n) is 4.03. The molecule has 2 unspecified atom stereocenters. The third-order valence-corrected chi connectivity index (χ3v) is 4.03. The predicted octanol–water partition coefficient (Wildman–Crippen LogP) is 3.65. The zero-order chi connectivity index (χ0) is 15.5. The van der Waals surface area contributed by atoms with Gasteiger partial charge in [0, 0.05) is 25.1 Å². The zero-order valence-electron chi connectivity index (χ0n) is 13.1. The number of carbonyl (C=O) groups is 1. The number of rotatable bonds is 6. The van der Waals surface area contributed by atoms with Gasteiger partial charge in [-0.25, -0.2) is 0 Å². The van der Waals surface area contributed by atoms with Gasteiger partial charge in [0.1, 0.15) is 11.5 Å². The largest absolute Gasteiger partial charge is 0.464 e. The van der Waals surface area contributed by atoms with Crippen molar-refractivity contribution in [2.24, 2.45) is 5.92 Å². The van der Waals surface area contributed by atoms with E-state index in [2.05, 4.69) is 29.7 Å². The summed E-state index contributed by atoms with van der Waals surface area (Å²) in [4.78, 5) is 11.1. The molecule has 1 aliphatic rings. The Morgan fingerprint density at radius 3 is 2.82 bits per heavy atom. The summed E-state index contributed by atoms with van der Waals surface area (Å²) in [6.45, 7) is 5.22. The summed E-state index contributed by atoms with van der Waals surface area (Å²) >= 11 is 0. The maximum absolute atomic E-state index is 11.1. The Morgan fingerprint density at radius 2 is 2.09 bits per heavy atom. The Labute approximate surface area is 130 Å². The molecule has 22 heavy (non-hydrogen) atoms. The van der Waals surface area contributed by atoms with Crippen LogP contribution in [0.15, 0.2) is 40.8 Å². The summed E-state index contributed by atoms with van der Waals surface area (Å²) in [5.74, 6) is 3.44. The first kappa shape index (κ1) is 14.9. The van der Waals surface area contributed by atoms with E-state index in [1.54, 1.807) is 0 Å². The molecule has 3 rings (SSSR count). The topological polar surface area (TPSA) is 54.3 Å². The highest BCUT2D eigenvalue weighted by molar-refractivity contribution is 5.88. The number of amides is 1. The SMILES string of the molecule is CC(=O)Nc1cccc(CNCc2ccc(C3CC3C)o2)c1. The zero-order valence-corrected chi connectivity index (χ0v) is 13.1. The minimum atomic E-state index is -0.0532. The van der Waals surface area contributed by atoms with Crippen LogP contribution in [0.1, 0.15) is 43.3 Å². The van der Waals surface area contributed by atoms with E-state index in [0.29, 0.717) is 12.5 Å². The average Bonchev–Trinajstić information content (AvgIpc) is 3.01. The molecule has 1 fully saturated rings. The summed E-state index contributed by atoms with van der Waals surface area (Å²) in [7, 11) is 0. The Kier molecular flexibility index (Phi) is 4.29. The highest BCUT2D eigenvalue weighted by Crippen LogP contribution is 2.47. The molecule has 1 aromatic carbocycles. The molecule has 2 N–H and O–H groups in total. The normalized spacial score (nSPS) is 19.9. The molecule has 2 atom stereocenters. The minimum Gasteiger partial charge on any atom is -0.464 e. The monoisotopic (exact) mass is 298 g/mol. The molecular weight excluding hydrogens is 276 g/mol. The van der Waals surface area contributed by atoms with E-state index in [-0.39, 0.29) is 5.91 Å². The van der Waals surface area contributed by atoms with Gasteiger partial charge in [0.2, 0.25) is 5.91 Å². The maximum atomic E-state index is 11.1. The second-order valence-corrected chi connectivity index (χ2v) is 6.11. The number of carbonyl (C=O) groups excluding carboxylic acids is 1. The van der Waals surface area contributed by atoms with Gasteiger partial charge in [0.25, 0.3) is 0 Å². The third kappa shape index (κ3) is 3.77. The Hall–Kier alpha value is -2.07. The van der Waals surface area contributed by atoms with Crippen LogP contribution in [-0.2, 0) is 17.9 Å². The minimum absolute atomic E-state index is 0.0532. The van der Waals surface area contributed by atoms with Crippen LogP contribution >= 0.6 is 0 Å². The van der Waals surface area contributed by atoms with Gasteiger partial charge in [-0.2, -0.15) is 0 Å². The maximum Gasteiger partial charge on any atom is 0.221 e. The van der Waals surface area contributed by atoms with Crippen molar-refractivity contribution in [1.82, 2.24) is 5.32 Å². The number of benzene rings is 1. The summed E-state index contributed by atoms with van der Waals surface area (Å²) < 4.78 is 5.87. The molecule has 116 valence electrons. The Balaban J connectivity index is 1.50. The van der Waals surface area contributed by atoms with Gasteiger partial charge in [0.15, 0.2) is 0 Å². The van der Waals surface area contributed by atoms with Gasteiger partial charge in [-0.05, 0) is 42.2 Å². The molecule has 0 radical (unpaired) electrons. The lowest BCUT2D eigenvalue weighted by Crippen LogP contribution is -2.12. The van der Waals surface area contributed by atoms with Crippen molar-refractivity contribution in [3.8, 4) is 0 Å². The van der Waals surface area contributed by atoms with Crippen molar-refractivity contribution in [3.63, 3.8) is 0 Å². The van der Waals surface area contributed by atoms with E-state index in [9.17, 15) is 4.79 Å². The number of hydrogen-bond donors (Lipinski definition) is 2. The van der Waals surface area contributed by atoms with Gasteiger partial charge in [-0.1, -0.05) is 19.1 Å². The fraction of sp³-hybridized carbons (Fsp3) is 0.389. The lowest BCUT2D eigenvalue weighted by atomic mass is 10.2. The molecule has 4 heteroatoms. The van der Waals surface area contributed by atoms with Crippen LogP contribution in [-0.4, -0.2) is 5.91 Å².